The van der Waals surface area contributed by atoms with Gasteiger partial charge in [-0.2, -0.15) is 12.6 Å². The molecule has 0 spiro atoms. The third-order valence-corrected chi connectivity index (χ3v) is 6.38. The van der Waals surface area contributed by atoms with E-state index in [-0.39, 0.29) is 17.2 Å². The van der Waals surface area contributed by atoms with Crippen molar-refractivity contribution in [3.63, 3.8) is 0 Å². The standard InChI is InChI=1S/C26H30N2O2S.C7H8.C2H5NO/c1-26(2,3)23-16-18(15-19(17-31)25(23)30)9-14-24(29)28-22-12-10-21(11-13-22)27-20-7-5-4-6-8-20;1-7-5-3-2-4-6-7;1-2(3)4/h4-8,10-13,15-16,27,30-31H,9,14,17H2,1-3H3,(H,28,29);2-6H,1H3;1H3,(H2,3,4). The van der Waals surface area contributed by atoms with E-state index in [2.05, 4.69) is 68.8 Å². The number of carbonyl (C=O) groups excluding carboxylic acids is 2. The van der Waals surface area contributed by atoms with E-state index in [1.165, 1.54) is 12.5 Å². The second-order valence-electron chi connectivity index (χ2n) is 10.9. The predicted molar refractivity (Wildman–Crippen MR) is 179 cm³/mol. The Morgan fingerprint density at radius 2 is 1.33 bits per heavy atom. The lowest BCUT2D eigenvalue weighted by molar-refractivity contribution is -0.116. The van der Waals surface area contributed by atoms with Crippen molar-refractivity contribution in [2.24, 2.45) is 5.73 Å². The van der Waals surface area contributed by atoms with Gasteiger partial charge < -0.3 is 21.5 Å². The lowest BCUT2D eigenvalue weighted by atomic mass is 9.83. The monoisotopic (exact) mass is 585 g/mol. The SMILES string of the molecule is CC(C)(C)c1cc(CCC(=O)Nc2ccc(Nc3ccccc3)cc2)cc(CS)c1O.CC(N)=O.Cc1ccccc1. The van der Waals surface area contributed by atoms with Gasteiger partial charge in [-0.25, -0.2) is 0 Å². The zero-order valence-corrected chi connectivity index (χ0v) is 26.0. The Hall–Kier alpha value is -4.23. The topological polar surface area (TPSA) is 104 Å². The van der Waals surface area contributed by atoms with Crippen molar-refractivity contribution in [2.75, 3.05) is 10.6 Å². The molecule has 0 aliphatic rings. The van der Waals surface area contributed by atoms with Crippen LogP contribution in [-0.4, -0.2) is 16.9 Å². The Labute approximate surface area is 255 Å². The number of hydrogen-bond acceptors (Lipinski definition) is 5. The van der Waals surface area contributed by atoms with Crippen LogP contribution < -0.4 is 16.4 Å². The van der Waals surface area contributed by atoms with E-state index >= 15 is 0 Å². The summed E-state index contributed by atoms with van der Waals surface area (Å²) in [5, 5.41) is 16.8. The number of phenolic OH excluding ortho intramolecular Hbond substituents is 1. The summed E-state index contributed by atoms with van der Waals surface area (Å²) in [6.45, 7) is 9.59. The Kier molecular flexibility index (Phi) is 13.7. The van der Waals surface area contributed by atoms with Crippen molar-refractivity contribution in [2.45, 2.75) is 58.6 Å². The molecule has 0 saturated carbocycles. The number of nitrogens with two attached hydrogens (primary N) is 1. The highest BCUT2D eigenvalue weighted by atomic mass is 32.1. The molecular weight excluding hydrogens is 542 g/mol. The summed E-state index contributed by atoms with van der Waals surface area (Å²) in [6.07, 6.45) is 0.966. The van der Waals surface area contributed by atoms with Gasteiger partial charge in [0, 0.05) is 41.7 Å². The van der Waals surface area contributed by atoms with Crippen LogP contribution in [0, 0.1) is 6.92 Å². The van der Waals surface area contributed by atoms with Gasteiger partial charge in [-0.05, 0) is 66.3 Å². The van der Waals surface area contributed by atoms with Gasteiger partial charge in [0.1, 0.15) is 5.75 Å². The summed E-state index contributed by atoms with van der Waals surface area (Å²) in [6, 6.07) is 31.8. The molecule has 5 N–H and O–H groups in total. The third-order valence-electron chi connectivity index (χ3n) is 6.04. The zero-order valence-electron chi connectivity index (χ0n) is 25.1. The molecule has 0 aliphatic heterocycles. The molecule has 4 aromatic carbocycles. The summed E-state index contributed by atoms with van der Waals surface area (Å²) in [5.41, 5.74) is 11.1. The molecule has 0 unspecified atom stereocenters. The van der Waals surface area contributed by atoms with Gasteiger partial charge >= 0.3 is 0 Å². The number of rotatable bonds is 7. The average molecular weight is 586 g/mol. The Morgan fingerprint density at radius 1 is 0.833 bits per heavy atom. The van der Waals surface area contributed by atoms with Crippen LogP contribution in [0.2, 0.25) is 0 Å². The average Bonchev–Trinajstić information content (AvgIpc) is 2.94. The molecule has 222 valence electrons. The number of amides is 2. The molecule has 2 amide bonds. The minimum Gasteiger partial charge on any atom is -0.507 e. The fourth-order valence-corrected chi connectivity index (χ4v) is 4.18. The number of benzene rings is 4. The normalized spacial score (nSPS) is 10.3. The van der Waals surface area contributed by atoms with Crippen LogP contribution in [-0.2, 0) is 27.2 Å². The van der Waals surface area contributed by atoms with Gasteiger partial charge in [0.05, 0.1) is 0 Å². The second kappa shape index (κ2) is 16.9. The molecule has 0 aromatic heterocycles. The minimum atomic E-state index is -0.333. The van der Waals surface area contributed by atoms with Gasteiger partial charge in [-0.15, -0.1) is 0 Å². The largest absolute Gasteiger partial charge is 0.507 e. The van der Waals surface area contributed by atoms with Crippen LogP contribution in [0.5, 0.6) is 5.75 Å². The van der Waals surface area contributed by atoms with Crippen molar-refractivity contribution in [3.05, 3.63) is 119 Å². The van der Waals surface area contributed by atoms with Crippen molar-refractivity contribution in [1.29, 1.82) is 0 Å². The molecule has 0 aliphatic carbocycles. The Balaban J connectivity index is 0.000000470. The summed E-state index contributed by atoms with van der Waals surface area (Å²) in [7, 11) is 0. The molecule has 0 atom stereocenters. The van der Waals surface area contributed by atoms with Gasteiger partial charge in [0.2, 0.25) is 11.8 Å². The first-order valence-electron chi connectivity index (χ1n) is 13.8. The summed E-state index contributed by atoms with van der Waals surface area (Å²) >= 11 is 4.34. The molecule has 0 radical (unpaired) electrons. The fraction of sp³-hybridized carbons (Fsp3) is 0.257. The molecule has 0 fully saturated rings. The van der Waals surface area contributed by atoms with E-state index in [0.29, 0.717) is 24.3 Å². The van der Waals surface area contributed by atoms with E-state index in [4.69, 9.17) is 0 Å². The van der Waals surface area contributed by atoms with Crippen LogP contribution in [0.4, 0.5) is 17.1 Å². The molecular formula is C35H43N3O3S. The van der Waals surface area contributed by atoms with Crippen LogP contribution in [0.1, 0.15) is 56.4 Å². The highest BCUT2D eigenvalue weighted by Crippen LogP contribution is 2.35. The van der Waals surface area contributed by atoms with E-state index < -0.39 is 0 Å². The fourth-order valence-electron chi connectivity index (χ4n) is 3.94. The van der Waals surface area contributed by atoms with Crippen molar-refractivity contribution < 1.29 is 14.7 Å². The van der Waals surface area contributed by atoms with Crippen molar-refractivity contribution in [1.82, 2.24) is 0 Å². The summed E-state index contributed by atoms with van der Waals surface area (Å²) in [4.78, 5) is 21.7. The number of carbonyl (C=O) groups is 2. The lowest BCUT2D eigenvalue weighted by Gasteiger charge is -2.23. The summed E-state index contributed by atoms with van der Waals surface area (Å²) in [5.74, 6) is 0.389. The number of nitrogens with one attached hydrogen (secondary N) is 2. The minimum absolute atomic E-state index is 0.0402. The van der Waals surface area contributed by atoms with Crippen LogP contribution in [0.3, 0.4) is 0 Å². The molecule has 4 aromatic rings. The maximum atomic E-state index is 12.5. The van der Waals surface area contributed by atoms with Gasteiger partial charge in [-0.1, -0.05) is 87.0 Å². The first-order chi connectivity index (χ1) is 19.9. The van der Waals surface area contributed by atoms with Crippen LogP contribution in [0.15, 0.2) is 97.1 Å². The summed E-state index contributed by atoms with van der Waals surface area (Å²) < 4.78 is 0. The van der Waals surface area contributed by atoms with Gasteiger partial charge in [0.25, 0.3) is 0 Å². The van der Waals surface area contributed by atoms with E-state index in [0.717, 1.165) is 33.8 Å². The number of thiol groups is 1. The molecule has 0 bridgehead atoms. The molecule has 6 nitrogen and oxygen atoms in total. The van der Waals surface area contributed by atoms with E-state index in [9.17, 15) is 14.7 Å². The maximum absolute atomic E-state index is 12.5. The first kappa shape index (κ1) is 34.0. The molecule has 0 saturated heterocycles. The number of aryl methyl sites for hydroxylation is 2. The smallest absolute Gasteiger partial charge is 0.224 e. The van der Waals surface area contributed by atoms with E-state index in [1.807, 2.05) is 84.9 Å². The highest BCUT2D eigenvalue weighted by Gasteiger charge is 2.21. The zero-order chi connectivity index (χ0) is 31.1. The highest BCUT2D eigenvalue weighted by molar-refractivity contribution is 7.79. The number of primary amides is 1. The van der Waals surface area contributed by atoms with Crippen molar-refractivity contribution in [3.8, 4) is 5.75 Å². The molecule has 0 heterocycles. The van der Waals surface area contributed by atoms with Crippen LogP contribution in [0.25, 0.3) is 0 Å². The maximum Gasteiger partial charge on any atom is 0.224 e. The lowest BCUT2D eigenvalue weighted by Crippen LogP contribution is -2.14. The number of hydrogen-bond donors (Lipinski definition) is 5. The molecule has 7 heteroatoms. The number of para-hydroxylation sites is 1. The second-order valence-corrected chi connectivity index (χ2v) is 11.3. The Bertz CT molecular complexity index is 1400. The first-order valence-corrected chi connectivity index (χ1v) is 14.5. The van der Waals surface area contributed by atoms with E-state index in [1.54, 1.807) is 0 Å². The number of aromatic hydroxyl groups is 1. The number of phenols is 1. The van der Waals surface area contributed by atoms with Crippen molar-refractivity contribution >= 4 is 41.5 Å². The number of anilines is 3. The van der Waals surface area contributed by atoms with Crippen LogP contribution >= 0.6 is 12.6 Å². The Morgan fingerprint density at radius 3 is 1.81 bits per heavy atom. The molecule has 4 rings (SSSR count). The van der Waals surface area contributed by atoms with Gasteiger partial charge in [-0.3, -0.25) is 9.59 Å². The predicted octanol–water partition coefficient (Wildman–Crippen LogP) is 7.92. The third kappa shape index (κ3) is 12.5. The molecule has 42 heavy (non-hydrogen) atoms. The van der Waals surface area contributed by atoms with Gasteiger partial charge in [0.15, 0.2) is 0 Å². The quantitative estimate of drug-likeness (QED) is 0.142.